The third kappa shape index (κ3) is 2.77. The fraction of sp³-hybridized carbons (Fsp3) is 0.471. The zero-order valence-electron chi connectivity index (χ0n) is 13.3. The Bertz CT molecular complexity index is 769. The van der Waals surface area contributed by atoms with E-state index in [2.05, 4.69) is 0 Å². The Labute approximate surface area is 137 Å². The van der Waals surface area contributed by atoms with Crippen molar-refractivity contribution in [3.05, 3.63) is 36.0 Å². The summed E-state index contributed by atoms with van der Waals surface area (Å²) in [5.41, 5.74) is -1.00. The van der Waals surface area contributed by atoms with Crippen molar-refractivity contribution in [2.24, 2.45) is 0 Å². The van der Waals surface area contributed by atoms with Crippen LogP contribution in [0.3, 0.4) is 0 Å². The van der Waals surface area contributed by atoms with Gasteiger partial charge in [0.1, 0.15) is 0 Å². The summed E-state index contributed by atoms with van der Waals surface area (Å²) in [6, 6.07) is 7.63. The van der Waals surface area contributed by atoms with E-state index in [1.165, 1.54) is 0 Å². The summed E-state index contributed by atoms with van der Waals surface area (Å²) in [5.74, 6) is -0.394. The summed E-state index contributed by atoms with van der Waals surface area (Å²) in [4.78, 5) is 13.5. The van der Waals surface area contributed by atoms with Crippen LogP contribution in [0.4, 0.5) is 13.2 Å². The first kappa shape index (κ1) is 16.8. The molecule has 1 unspecified atom stereocenters. The van der Waals surface area contributed by atoms with Gasteiger partial charge >= 0.3 is 6.18 Å². The molecule has 0 bridgehead atoms. The van der Waals surface area contributed by atoms with Gasteiger partial charge in [-0.15, -0.1) is 0 Å². The zero-order valence-corrected chi connectivity index (χ0v) is 13.3. The van der Waals surface area contributed by atoms with Gasteiger partial charge in [0.25, 0.3) is 0 Å². The molecule has 2 aromatic rings. The number of carbonyl (C=O) groups is 1. The van der Waals surface area contributed by atoms with Crippen molar-refractivity contribution < 1.29 is 23.1 Å². The maximum absolute atomic E-state index is 12.9. The summed E-state index contributed by atoms with van der Waals surface area (Å²) in [5, 5.41) is 10.6. The lowest BCUT2D eigenvalue weighted by molar-refractivity contribution is -0.253. The lowest BCUT2D eigenvalue weighted by Crippen LogP contribution is -2.48. The molecule has 7 heteroatoms. The third-order valence-electron chi connectivity index (χ3n) is 4.68. The molecule has 1 amide bonds. The van der Waals surface area contributed by atoms with Gasteiger partial charge in [0.15, 0.2) is 5.60 Å². The Morgan fingerprint density at radius 2 is 2.04 bits per heavy atom. The SMILES string of the molecule is CCn1cc(CC(=O)N2CCC(O)(C(F)(F)F)C2)c2ccccc21. The van der Waals surface area contributed by atoms with Gasteiger partial charge in [-0.25, -0.2) is 0 Å². The summed E-state index contributed by atoms with van der Waals surface area (Å²) in [7, 11) is 0. The van der Waals surface area contributed by atoms with E-state index in [9.17, 15) is 23.1 Å². The molecule has 1 aliphatic heterocycles. The summed E-state index contributed by atoms with van der Waals surface area (Å²) < 4.78 is 40.6. The molecule has 0 radical (unpaired) electrons. The number of hydrogen-bond donors (Lipinski definition) is 1. The number of aromatic nitrogens is 1. The topological polar surface area (TPSA) is 45.5 Å². The summed E-state index contributed by atoms with van der Waals surface area (Å²) >= 11 is 0. The number of alkyl halides is 3. The van der Waals surface area contributed by atoms with E-state index in [1.54, 1.807) is 0 Å². The summed E-state index contributed by atoms with van der Waals surface area (Å²) in [6.07, 6.45) is -3.30. The molecular weight excluding hydrogens is 321 g/mol. The van der Waals surface area contributed by atoms with E-state index in [0.29, 0.717) is 0 Å². The average Bonchev–Trinajstić information content (AvgIpc) is 3.09. The van der Waals surface area contributed by atoms with Gasteiger partial charge in [-0.1, -0.05) is 18.2 Å². The number of para-hydroxylation sites is 1. The molecule has 1 atom stereocenters. The number of nitrogens with zero attached hydrogens (tertiary/aromatic N) is 2. The molecule has 130 valence electrons. The number of hydrogen-bond acceptors (Lipinski definition) is 2. The van der Waals surface area contributed by atoms with E-state index in [4.69, 9.17) is 0 Å². The van der Waals surface area contributed by atoms with Gasteiger partial charge in [0.2, 0.25) is 5.91 Å². The normalized spacial score (nSPS) is 21.6. The highest BCUT2D eigenvalue weighted by Crippen LogP contribution is 2.37. The molecule has 0 saturated carbocycles. The van der Waals surface area contributed by atoms with Crippen molar-refractivity contribution in [1.29, 1.82) is 0 Å². The van der Waals surface area contributed by atoms with Crippen molar-refractivity contribution in [1.82, 2.24) is 9.47 Å². The van der Waals surface area contributed by atoms with Crippen LogP contribution in [0.2, 0.25) is 0 Å². The second-order valence-electron chi connectivity index (χ2n) is 6.23. The van der Waals surface area contributed by atoms with Gasteiger partial charge in [0, 0.05) is 36.6 Å². The number of benzene rings is 1. The molecule has 24 heavy (non-hydrogen) atoms. The predicted molar refractivity (Wildman–Crippen MR) is 83.5 cm³/mol. The van der Waals surface area contributed by atoms with Crippen LogP contribution in [0, 0.1) is 0 Å². The van der Waals surface area contributed by atoms with E-state index >= 15 is 0 Å². The van der Waals surface area contributed by atoms with E-state index < -0.39 is 30.7 Å². The van der Waals surface area contributed by atoms with Crippen molar-refractivity contribution in [2.75, 3.05) is 13.1 Å². The number of amides is 1. The predicted octanol–water partition coefficient (Wildman–Crippen LogP) is 2.73. The van der Waals surface area contributed by atoms with Gasteiger partial charge in [-0.05, 0) is 18.6 Å². The third-order valence-corrected chi connectivity index (χ3v) is 4.68. The minimum atomic E-state index is -4.72. The maximum atomic E-state index is 12.9. The first-order valence-corrected chi connectivity index (χ1v) is 7.89. The Balaban J connectivity index is 1.79. The molecule has 0 aliphatic carbocycles. The number of carbonyl (C=O) groups excluding carboxylic acids is 1. The number of aliphatic hydroxyl groups is 1. The van der Waals surface area contributed by atoms with Crippen LogP contribution < -0.4 is 0 Å². The fourth-order valence-electron chi connectivity index (χ4n) is 3.24. The number of halogens is 3. The number of aryl methyl sites for hydroxylation is 1. The van der Waals surface area contributed by atoms with Crippen LogP contribution in [0.5, 0.6) is 0 Å². The molecule has 1 aliphatic rings. The van der Waals surface area contributed by atoms with Gasteiger partial charge in [-0.3, -0.25) is 4.79 Å². The van der Waals surface area contributed by atoms with Gasteiger partial charge in [0.05, 0.1) is 13.0 Å². The highest BCUT2D eigenvalue weighted by atomic mass is 19.4. The average molecular weight is 340 g/mol. The fourth-order valence-corrected chi connectivity index (χ4v) is 3.24. The molecule has 1 N–H and O–H groups in total. The highest BCUT2D eigenvalue weighted by Gasteiger charge is 2.57. The standard InChI is InChI=1S/C17H19F3N2O2/c1-2-21-10-12(13-5-3-4-6-14(13)21)9-15(23)22-8-7-16(24,11-22)17(18,19)20/h3-6,10,24H,2,7-9,11H2,1H3. The molecular formula is C17H19F3N2O2. The molecule has 1 aromatic heterocycles. The Morgan fingerprint density at radius 1 is 1.33 bits per heavy atom. The molecule has 2 heterocycles. The van der Waals surface area contributed by atoms with Gasteiger partial charge in [-0.2, -0.15) is 13.2 Å². The smallest absolute Gasteiger partial charge is 0.379 e. The Hall–Kier alpha value is -2.02. The minimum absolute atomic E-state index is 0.0292. The van der Waals surface area contributed by atoms with Crippen molar-refractivity contribution >= 4 is 16.8 Å². The van der Waals surface area contributed by atoms with Crippen LogP contribution in [-0.4, -0.2) is 45.3 Å². The van der Waals surface area contributed by atoms with Crippen LogP contribution >= 0.6 is 0 Å². The first-order valence-electron chi connectivity index (χ1n) is 7.89. The molecule has 1 aromatic carbocycles. The lowest BCUT2D eigenvalue weighted by Gasteiger charge is -2.25. The molecule has 0 spiro atoms. The van der Waals surface area contributed by atoms with Gasteiger partial charge < -0.3 is 14.6 Å². The number of β-amino-alcohol motifs (C(OH)–C–C–N with tert-alkyl or cyclic N) is 1. The monoisotopic (exact) mass is 340 g/mol. The second-order valence-corrected chi connectivity index (χ2v) is 6.23. The molecule has 1 fully saturated rings. The minimum Gasteiger partial charge on any atom is -0.379 e. The summed E-state index contributed by atoms with van der Waals surface area (Å²) in [6.45, 7) is 1.96. The van der Waals surface area contributed by atoms with Crippen molar-refractivity contribution in [2.45, 2.75) is 38.1 Å². The van der Waals surface area contributed by atoms with Crippen molar-refractivity contribution in [3.8, 4) is 0 Å². The Morgan fingerprint density at radius 3 is 2.67 bits per heavy atom. The van der Waals surface area contributed by atoms with E-state index in [1.807, 2.05) is 42.0 Å². The van der Waals surface area contributed by atoms with Crippen molar-refractivity contribution in [3.63, 3.8) is 0 Å². The molecule has 3 rings (SSSR count). The molecule has 4 nitrogen and oxygen atoms in total. The maximum Gasteiger partial charge on any atom is 0.419 e. The van der Waals surface area contributed by atoms with E-state index in [0.717, 1.165) is 27.9 Å². The van der Waals surface area contributed by atoms with Crippen LogP contribution in [0.25, 0.3) is 10.9 Å². The number of likely N-dealkylation sites (tertiary alicyclic amines) is 1. The Kier molecular flexibility index (Phi) is 4.07. The van der Waals surface area contributed by atoms with Crippen LogP contribution in [0.15, 0.2) is 30.5 Å². The van der Waals surface area contributed by atoms with Crippen LogP contribution in [0.1, 0.15) is 18.9 Å². The largest absolute Gasteiger partial charge is 0.419 e. The van der Waals surface area contributed by atoms with Crippen LogP contribution in [-0.2, 0) is 17.8 Å². The number of rotatable bonds is 3. The first-order chi connectivity index (χ1) is 11.2. The number of fused-ring (bicyclic) bond motifs is 1. The van der Waals surface area contributed by atoms with E-state index in [-0.39, 0.29) is 13.0 Å². The highest BCUT2D eigenvalue weighted by molar-refractivity contribution is 5.89. The zero-order chi connectivity index (χ0) is 17.5. The molecule has 1 saturated heterocycles. The quantitative estimate of drug-likeness (QED) is 0.934. The second kappa shape index (κ2) is 5.81. The lowest BCUT2D eigenvalue weighted by atomic mass is 10.0.